The molecule has 17 heavy (non-hydrogen) atoms. The number of nitrogens with two attached hydrogens (primary N) is 1. The predicted molar refractivity (Wildman–Crippen MR) is 78.2 cm³/mol. The highest BCUT2D eigenvalue weighted by Crippen LogP contribution is 2.30. The molecular formula is C13H19ClN2S. The summed E-state index contributed by atoms with van der Waals surface area (Å²) in [5, 5.41) is 0.773. The Balaban J connectivity index is 2.18. The molecule has 1 fully saturated rings. The Morgan fingerprint density at radius 3 is 2.82 bits per heavy atom. The van der Waals surface area contributed by atoms with E-state index in [0.29, 0.717) is 6.04 Å². The van der Waals surface area contributed by atoms with Gasteiger partial charge in [0.15, 0.2) is 0 Å². The van der Waals surface area contributed by atoms with E-state index in [2.05, 4.69) is 18.0 Å². The van der Waals surface area contributed by atoms with E-state index in [0.717, 1.165) is 10.6 Å². The highest BCUT2D eigenvalue weighted by Gasteiger charge is 2.20. The molecule has 2 unspecified atom stereocenters. The van der Waals surface area contributed by atoms with Crippen molar-refractivity contribution in [2.75, 3.05) is 23.5 Å². The molecule has 2 nitrogen and oxygen atoms in total. The zero-order valence-corrected chi connectivity index (χ0v) is 11.9. The summed E-state index contributed by atoms with van der Waals surface area (Å²) in [6.07, 6.45) is 1.26. The molecule has 0 amide bonds. The van der Waals surface area contributed by atoms with Gasteiger partial charge in [0, 0.05) is 35.6 Å². The number of nitrogens with zero attached hydrogens (tertiary/aromatic N) is 1. The quantitative estimate of drug-likeness (QED) is 0.914. The summed E-state index contributed by atoms with van der Waals surface area (Å²) in [6.45, 7) is 1.96. The monoisotopic (exact) mass is 270 g/mol. The number of hydrogen-bond acceptors (Lipinski definition) is 3. The van der Waals surface area contributed by atoms with Crippen LogP contribution in [0.15, 0.2) is 18.2 Å². The lowest BCUT2D eigenvalue weighted by molar-refractivity contribution is 0.699. The van der Waals surface area contributed by atoms with E-state index in [4.69, 9.17) is 17.3 Å². The van der Waals surface area contributed by atoms with Gasteiger partial charge in [0.2, 0.25) is 0 Å². The van der Waals surface area contributed by atoms with Gasteiger partial charge in [0.25, 0.3) is 0 Å². The minimum Gasteiger partial charge on any atom is -0.371 e. The first kappa shape index (κ1) is 13.1. The molecule has 2 atom stereocenters. The SMILES string of the molecule is CC(N)c1ccc(N(C)C2CCSC2)cc1Cl. The van der Waals surface area contributed by atoms with Gasteiger partial charge in [-0.05, 0) is 36.8 Å². The van der Waals surface area contributed by atoms with Crippen molar-refractivity contribution >= 4 is 29.1 Å². The number of anilines is 1. The first-order valence-corrected chi connectivity index (χ1v) is 7.48. The smallest absolute Gasteiger partial charge is 0.0474 e. The second-order valence-corrected chi connectivity index (χ2v) is 6.18. The van der Waals surface area contributed by atoms with Crippen LogP contribution >= 0.6 is 23.4 Å². The van der Waals surface area contributed by atoms with Gasteiger partial charge in [0.05, 0.1) is 0 Å². The maximum Gasteiger partial charge on any atom is 0.0474 e. The molecule has 1 aromatic rings. The standard InChI is InChI=1S/C13H19ClN2S/c1-9(15)12-4-3-10(7-13(12)14)16(2)11-5-6-17-8-11/h3-4,7,9,11H,5-6,8,15H2,1-2H3. The van der Waals surface area contributed by atoms with E-state index in [1.54, 1.807) is 0 Å². The molecule has 94 valence electrons. The Morgan fingerprint density at radius 2 is 2.29 bits per heavy atom. The van der Waals surface area contributed by atoms with E-state index in [-0.39, 0.29) is 6.04 Å². The fourth-order valence-electron chi connectivity index (χ4n) is 2.14. The van der Waals surface area contributed by atoms with E-state index in [9.17, 15) is 0 Å². The molecule has 1 saturated heterocycles. The number of thioether (sulfide) groups is 1. The largest absolute Gasteiger partial charge is 0.371 e. The molecule has 0 spiro atoms. The van der Waals surface area contributed by atoms with Crippen LogP contribution < -0.4 is 10.6 Å². The minimum absolute atomic E-state index is 0.0103. The summed E-state index contributed by atoms with van der Waals surface area (Å²) in [4.78, 5) is 2.33. The van der Waals surface area contributed by atoms with Crippen molar-refractivity contribution in [2.45, 2.75) is 25.4 Å². The van der Waals surface area contributed by atoms with Gasteiger partial charge < -0.3 is 10.6 Å². The van der Waals surface area contributed by atoms with Gasteiger partial charge in [-0.2, -0.15) is 11.8 Å². The molecule has 4 heteroatoms. The predicted octanol–water partition coefficient (Wildman–Crippen LogP) is 3.30. The highest BCUT2D eigenvalue weighted by atomic mass is 35.5. The first-order valence-electron chi connectivity index (χ1n) is 5.95. The lowest BCUT2D eigenvalue weighted by Crippen LogP contribution is -2.31. The van der Waals surface area contributed by atoms with Crippen molar-refractivity contribution < 1.29 is 0 Å². The van der Waals surface area contributed by atoms with Gasteiger partial charge in [-0.3, -0.25) is 0 Å². The molecule has 0 radical (unpaired) electrons. The Morgan fingerprint density at radius 1 is 1.53 bits per heavy atom. The Kier molecular flexibility index (Phi) is 4.23. The fraction of sp³-hybridized carbons (Fsp3) is 0.538. The lowest BCUT2D eigenvalue weighted by atomic mass is 10.1. The van der Waals surface area contributed by atoms with E-state index in [1.165, 1.54) is 23.6 Å². The van der Waals surface area contributed by atoms with Crippen LogP contribution in [0.5, 0.6) is 0 Å². The normalized spacial score (nSPS) is 21.5. The van der Waals surface area contributed by atoms with Crippen LogP contribution in [0.4, 0.5) is 5.69 Å². The molecule has 0 aliphatic carbocycles. The van der Waals surface area contributed by atoms with Crippen LogP contribution in [0.1, 0.15) is 24.9 Å². The third-order valence-electron chi connectivity index (χ3n) is 3.34. The molecular weight excluding hydrogens is 252 g/mol. The van der Waals surface area contributed by atoms with Crippen LogP contribution in [0.25, 0.3) is 0 Å². The topological polar surface area (TPSA) is 29.3 Å². The third kappa shape index (κ3) is 2.90. The van der Waals surface area contributed by atoms with Crippen LogP contribution in [-0.4, -0.2) is 24.6 Å². The Labute approximate surface area is 113 Å². The van der Waals surface area contributed by atoms with Gasteiger partial charge in [-0.1, -0.05) is 17.7 Å². The molecule has 2 rings (SSSR count). The molecule has 0 aromatic heterocycles. The van der Waals surface area contributed by atoms with E-state index >= 15 is 0 Å². The van der Waals surface area contributed by atoms with E-state index in [1.807, 2.05) is 30.8 Å². The van der Waals surface area contributed by atoms with Crippen LogP contribution in [0.2, 0.25) is 5.02 Å². The second kappa shape index (κ2) is 5.51. The van der Waals surface area contributed by atoms with Crippen LogP contribution in [0, 0.1) is 0 Å². The average molecular weight is 271 g/mol. The molecule has 1 aliphatic heterocycles. The molecule has 2 N–H and O–H groups in total. The number of rotatable bonds is 3. The van der Waals surface area contributed by atoms with Crippen LogP contribution in [-0.2, 0) is 0 Å². The molecule has 1 aliphatic rings. The number of hydrogen-bond donors (Lipinski definition) is 1. The summed E-state index contributed by atoms with van der Waals surface area (Å²) < 4.78 is 0. The molecule has 1 aromatic carbocycles. The Hall–Kier alpha value is -0.380. The maximum atomic E-state index is 6.26. The summed E-state index contributed by atoms with van der Waals surface area (Å²) in [5.41, 5.74) is 8.07. The summed E-state index contributed by atoms with van der Waals surface area (Å²) in [7, 11) is 2.15. The van der Waals surface area contributed by atoms with Gasteiger partial charge in [-0.25, -0.2) is 0 Å². The molecule has 1 heterocycles. The van der Waals surface area contributed by atoms with Gasteiger partial charge in [-0.15, -0.1) is 0 Å². The minimum atomic E-state index is -0.0103. The second-order valence-electron chi connectivity index (χ2n) is 4.62. The maximum absolute atomic E-state index is 6.26. The third-order valence-corrected chi connectivity index (χ3v) is 4.81. The number of benzene rings is 1. The average Bonchev–Trinajstić information content (AvgIpc) is 2.80. The van der Waals surface area contributed by atoms with Crippen molar-refractivity contribution in [3.8, 4) is 0 Å². The van der Waals surface area contributed by atoms with Crippen molar-refractivity contribution in [2.24, 2.45) is 5.73 Å². The Bertz CT molecular complexity index is 389. The summed E-state index contributed by atoms with van der Waals surface area (Å²) >= 11 is 8.29. The molecule has 0 bridgehead atoms. The van der Waals surface area contributed by atoms with E-state index < -0.39 is 0 Å². The van der Waals surface area contributed by atoms with Crippen molar-refractivity contribution in [3.63, 3.8) is 0 Å². The summed E-state index contributed by atoms with van der Waals surface area (Å²) in [5.74, 6) is 2.48. The van der Waals surface area contributed by atoms with Crippen molar-refractivity contribution in [1.82, 2.24) is 0 Å². The summed E-state index contributed by atoms with van der Waals surface area (Å²) in [6, 6.07) is 6.82. The lowest BCUT2D eigenvalue weighted by Gasteiger charge is -2.26. The fourth-order valence-corrected chi connectivity index (χ4v) is 3.76. The number of halogens is 1. The molecule has 0 saturated carbocycles. The first-order chi connectivity index (χ1) is 8.09. The van der Waals surface area contributed by atoms with Crippen molar-refractivity contribution in [3.05, 3.63) is 28.8 Å². The van der Waals surface area contributed by atoms with Crippen LogP contribution in [0.3, 0.4) is 0 Å². The zero-order chi connectivity index (χ0) is 12.4. The highest BCUT2D eigenvalue weighted by molar-refractivity contribution is 7.99. The zero-order valence-electron chi connectivity index (χ0n) is 10.3. The van der Waals surface area contributed by atoms with Crippen molar-refractivity contribution in [1.29, 1.82) is 0 Å². The van der Waals surface area contributed by atoms with Gasteiger partial charge in [0.1, 0.15) is 0 Å². The van der Waals surface area contributed by atoms with Gasteiger partial charge >= 0.3 is 0 Å².